The van der Waals surface area contributed by atoms with Gasteiger partial charge in [-0.3, -0.25) is 19.2 Å². The number of Topliss-reactive ketones (excluding diaryl/α,β-unsaturated/α-hetero) is 2. The normalized spacial score (nSPS) is 22.7. The van der Waals surface area contributed by atoms with Crippen LogP contribution in [0.3, 0.4) is 0 Å². The predicted octanol–water partition coefficient (Wildman–Crippen LogP) is 3.14. The number of ether oxygens (including phenoxy) is 1. The number of sulfone groups is 1. The third-order valence-electron chi connectivity index (χ3n) is 7.14. The Balaban J connectivity index is 0.000000333. The second-order valence-electron chi connectivity index (χ2n) is 9.71. The van der Waals surface area contributed by atoms with Crippen molar-refractivity contribution in [3.8, 4) is 5.75 Å². The molecule has 2 aromatic rings. The van der Waals surface area contributed by atoms with E-state index in [9.17, 15) is 27.6 Å². The lowest BCUT2D eigenvalue weighted by Crippen LogP contribution is -2.67. The average molecular weight is 596 g/mol. The maximum atomic E-state index is 13.3. The molecule has 0 saturated carbocycles. The van der Waals surface area contributed by atoms with E-state index in [1.807, 2.05) is 0 Å². The van der Waals surface area contributed by atoms with Gasteiger partial charge in [0.25, 0.3) is 0 Å². The number of amides is 2. The molecule has 5 rings (SSSR count). The van der Waals surface area contributed by atoms with Gasteiger partial charge in [-0.05, 0) is 47.9 Å². The fourth-order valence-electron chi connectivity index (χ4n) is 5.09. The first kappa shape index (κ1) is 29.0. The van der Waals surface area contributed by atoms with Crippen LogP contribution in [0.4, 0.5) is 0 Å². The van der Waals surface area contributed by atoms with Gasteiger partial charge in [0.1, 0.15) is 11.5 Å². The number of benzene rings is 2. The molecule has 2 amide bonds. The number of nitrogens with one attached hydrogen (secondary N) is 1. The molecule has 39 heavy (non-hydrogen) atoms. The fraction of sp³-hybridized carbons (Fsp3) is 0.407. The highest BCUT2D eigenvalue weighted by molar-refractivity contribution is 7.93. The number of β-lactam (4-membered cyclic amide) rings is 1. The Bertz CT molecular complexity index is 1400. The largest absolute Gasteiger partial charge is 0.496 e. The van der Waals surface area contributed by atoms with Crippen LogP contribution in [-0.2, 0) is 41.2 Å². The van der Waals surface area contributed by atoms with Crippen molar-refractivity contribution in [2.75, 3.05) is 20.2 Å². The number of fused-ring (bicyclic) bond motifs is 1. The van der Waals surface area contributed by atoms with E-state index < -0.39 is 26.4 Å². The van der Waals surface area contributed by atoms with Crippen LogP contribution in [0, 0.1) is 5.92 Å². The predicted molar refractivity (Wildman–Crippen MR) is 145 cm³/mol. The topological polar surface area (TPSA) is 127 Å². The number of ketones is 2. The Labute approximate surface area is 236 Å². The van der Waals surface area contributed by atoms with Crippen molar-refractivity contribution >= 4 is 56.4 Å². The summed E-state index contributed by atoms with van der Waals surface area (Å²) >= 11 is 11.9. The van der Waals surface area contributed by atoms with Gasteiger partial charge in [0.15, 0.2) is 15.6 Å². The minimum absolute atomic E-state index is 0.000787. The van der Waals surface area contributed by atoms with Crippen molar-refractivity contribution in [2.45, 2.75) is 42.7 Å². The van der Waals surface area contributed by atoms with Gasteiger partial charge in [-0.25, -0.2) is 8.42 Å². The molecule has 3 heterocycles. The van der Waals surface area contributed by atoms with Crippen molar-refractivity contribution in [3.63, 3.8) is 0 Å². The van der Waals surface area contributed by atoms with E-state index in [-0.39, 0.29) is 42.7 Å². The van der Waals surface area contributed by atoms with Crippen molar-refractivity contribution in [1.29, 1.82) is 0 Å². The zero-order chi connectivity index (χ0) is 28.4. The number of hydrogen-bond acceptors (Lipinski definition) is 7. The second kappa shape index (κ2) is 11.7. The lowest BCUT2D eigenvalue weighted by atomic mass is 9.92. The Hall–Kier alpha value is -2.95. The molecule has 0 radical (unpaired) electrons. The molecule has 3 fully saturated rings. The number of halogens is 2. The first-order chi connectivity index (χ1) is 18.5. The minimum atomic E-state index is -3.96. The number of carbonyl (C=O) groups excluding carboxylic acids is 4. The molecule has 3 saturated heterocycles. The monoisotopic (exact) mass is 594 g/mol. The molecule has 3 aliphatic heterocycles. The van der Waals surface area contributed by atoms with Crippen LogP contribution in [0.2, 0.25) is 10.0 Å². The van der Waals surface area contributed by atoms with Gasteiger partial charge in [-0.15, -0.1) is 0 Å². The van der Waals surface area contributed by atoms with Crippen molar-refractivity contribution < 1.29 is 32.3 Å². The fourth-order valence-corrected chi connectivity index (χ4v) is 7.60. The molecule has 2 aromatic carbocycles. The third kappa shape index (κ3) is 5.97. The molecule has 3 aliphatic rings. The zero-order valence-electron chi connectivity index (χ0n) is 21.2. The average Bonchev–Trinajstić information content (AvgIpc) is 2.98. The molecule has 12 heteroatoms. The van der Waals surface area contributed by atoms with E-state index in [1.165, 1.54) is 12.0 Å². The Kier molecular flexibility index (Phi) is 8.68. The minimum Gasteiger partial charge on any atom is -0.496 e. The maximum Gasteiger partial charge on any atom is 0.228 e. The number of hydrogen-bond donors (Lipinski definition) is 1. The number of methoxy groups -OCH3 is 1. The Morgan fingerprint density at radius 3 is 2.36 bits per heavy atom. The zero-order valence-corrected chi connectivity index (χ0v) is 23.6. The second-order valence-corrected chi connectivity index (χ2v) is 12.8. The van der Waals surface area contributed by atoms with Crippen LogP contribution < -0.4 is 10.1 Å². The summed E-state index contributed by atoms with van der Waals surface area (Å²) in [6.07, 6.45) is 1.23. The van der Waals surface area contributed by atoms with Crippen LogP contribution in [0.25, 0.3) is 0 Å². The highest BCUT2D eigenvalue weighted by Gasteiger charge is 2.70. The molecule has 0 aliphatic carbocycles. The summed E-state index contributed by atoms with van der Waals surface area (Å²) in [5, 5.41) is 3.59. The Morgan fingerprint density at radius 1 is 1.00 bits per heavy atom. The first-order valence-electron chi connectivity index (χ1n) is 12.4. The summed E-state index contributed by atoms with van der Waals surface area (Å²) in [6.45, 7) is 0.588. The van der Waals surface area contributed by atoms with Crippen molar-refractivity contribution in [3.05, 3.63) is 63.6 Å². The van der Waals surface area contributed by atoms with Crippen molar-refractivity contribution in [2.24, 2.45) is 5.92 Å². The molecule has 2 atom stereocenters. The van der Waals surface area contributed by atoms with E-state index in [1.54, 1.807) is 42.5 Å². The van der Waals surface area contributed by atoms with Crippen molar-refractivity contribution in [1.82, 2.24) is 10.2 Å². The lowest BCUT2D eigenvalue weighted by molar-refractivity contribution is -0.150. The highest BCUT2D eigenvalue weighted by atomic mass is 35.5. The molecule has 0 aromatic heterocycles. The molecule has 0 spiro atoms. The van der Waals surface area contributed by atoms with E-state index in [4.69, 9.17) is 27.9 Å². The molecule has 0 bridgehead atoms. The van der Waals surface area contributed by atoms with E-state index in [0.717, 1.165) is 0 Å². The van der Waals surface area contributed by atoms with Gasteiger partial charge in [-0.2, -0.15) is 0 Å². The van der Waals surface area contributed by atoms with Crippen LogP contribution >= 0.6 is 23.2 Å². The van der Waals surface area contributed by atoms with E-state index in [2.05, 4.69) is 5.32 Å². The summed E-state index contributed by atoms with van der Waals surface area (Å²) in [6, 6.07) is 11.5. The van der Waals surface area contributed by atoms with Gasteiger partial charge in [0.2, 0.25) is 16.7 Å². The standard InChI is InChI=1S/C21H19Cl2NO5S.C6H9NO2/c1-29-18-7-6-17(23)9-14(18)8-15-11-24-19(25)10-21(24,20(15)26)30(27,28)12-13-2-4-16(22)5-3-13;8-5-1-2-6(9)7-4-3-5/h2-7,9,15H,8,10-12H2,1H3;1-4H2,(H,7,9). The van der Waals surface area contributed by atoms with Crippen LogP contribution in [0.15, 0.2) is 42.5 Å². The number of carbonyl (C=O) groups is 4. The SMILES string of the molecule is COc1ccc(Cl)cc1CC1CN2C(=O)CC2(S(=O)(=O)Cc2ccc(Cl)cc2)C1=O.O=C1CCNC(=O)CC1. The van der Waals surface area contributed by atoms with E-state index in [0.29, 0.717) is 52.7 Å². The van der Waals surface area contributed by atoms with Gasteiger partial charge < -0.3 is 15.0 Å². The van der Waals surface area contributed by atoms with Gasteiger partial charge in [0.05, 0.1) is 19.3 Å². The van der Waals surface area contributed by atoms with Crippen LogP contribution in [0.5, 0.6) is 5.75 Å². The van der Waals surface area contributed by atoms with E-state index >= 15 is 0 Å². The Morgan fingerprint density at radius 2 is 1.69 bits per heavy atom. The summed E-state index contributed by atoms with van der Waals surface area (Å²) in [5.41, 5.74) is 1.21. The van der Waals surface area contributed by atoms with Crippen LogP contribution in [-0.4, -0.2) is 61.8 Å². The lowest BCUT2D eigenvalue weighted by Gasteiger charge is -2.44. The maximum absolute atomic E-state index is 13.3. The number of rotatable bonds is 6. The summed E-state index contributed by atoms with van der Waals surface area (Å²) in [4.78, 5) is 46.2. The van der Waals surface area contributed by atoms with Gasteiger partial charge >= 0.3 is 0 Å². The number of nitrogens with zero attached hydrogens (tertiary/aromatic N) is 1. The third-order valence-corrected chi connectivity index (χ3v) is 9.93. The van der Waals surface area contributed by atoms with Crippen LogP contribution in [0.1, 0.15) is 36.8 Å². The molecule has 1 N–H and O–H groups in total. The molecular formula is C27H28Cl2N2O7S. The van der Waals surface area contributed by atoms with Gasteiger partial charge in [0, 0.05) is 48.3 Å². The molecule has 9 nitrogen and oxygen atoms in total. The molecule has 2 unspecified atom stereocenters. The summed E-state index contributed by atoms with van der Waals surface area (Å²) in [7, 11) is -2.45. The highest BCUT2D eigenvalue weighted by Crippen LogP contribution is 2.47. The smallest absolute Gasteiger partial charge is 0.228 e. The summed E-state index contributed by atoms with van der Waals surface area (Å²) < 4.78 is 32.0. The van der Waals surface area contributed by atoms with Gasteiger partial charge in [-0.1, -0.05) is 35.3 Å². The molecule has 208 valence electrons. The molecular weight excluding hydrogens is 567 g/mol. The summed E-state index contributed by atoms with van der Waals surface area (Å²) in [5.74, 6) is -1.02. The quantitative estimate of drug-likeness (QED) is 0.509. The first-order valence-corrected chi connectivity index (χ1v) is 14.8.